The Bertz CT molecular complexity index is 852. The molecule has 0 radical (unpaired) electrons. The molecule has 0 atom stereocenters. The fraction of sp³-hybridized carbons (Fsp3) is 0.333. The zero-order chi connectivity index (χ0) is 17.9. The van der Waals surface area contributed by atoms with Gasteiger partial charge >= 0.3 is 0 Å². The summed E-state index contributed by atoms with van der Waals surface area (Å²) in [7, 11) is -2.19. The maximum atomic E-state index is 11.5. The number of nitrogens with two attached hydrogens (primary N) is 1. The summed E-state index contributed by atoms with van der Waals surface area (Å²) >= 11 is 0. The Morgan fingerprint density at radius 3 is 2.76 bits per heavy atom. The van der Waals surface area contributed by atoms with E-state index in [0.717, 1.165) is 26.2 Å². The van der Waals surface area contributed by atoms with Crippen LogP contribution in [0.4, 0.5) is 17.5 Å². The Kier molecular flexibility index (Phi) is 5.02. The van der Waals surface area contributed by atoms with Gasteiger partial charge in [-0.2, -0.15) is 4.98 Å². The Hall–Kier alpha value is -2.43. The number of hydrogen-bond acceptors (Lipinski definition) is 8. The fourth-order valence-electron chi connectivity index (χ4n) is 2.55. The minimum atomic E-state index is -3.77. The molecule has 0 amide bonds. The van der Waals surface area contributed by atoms with Gasteiger partial charge in [0.25, 0.3) is 0 Å². The summed E-state index contributed by atoms with van der Waals surface area (Å²) < 4.78 is 28.3. The number of anilines is 3. The van der Waals surface area contributed by atoms with Gasteiger partial charge < -0.3 is 20.3 Å². The van der Waals surface area contributed by atoms with Gasteiger partial charge in [-0.15, -0.1) is 0 Å². The van der Waals surface area contributed by atoms with Gasteiger partial charge in [-0.05, 0) is 18.2 Å². The smallest absolute Gasteiger partial charge is 0.238 e. The molecule has 0 aliphatic carbocycles. The minimum absolute atomic E-state index is 0.0216. The van der Waals surface area contributed by atoms with Crippen molar-refractivity contribution in [2.75, 3.05) is 43.5 Å². The van der Waals surface area contributed by atoms with Crippen molar-refractivity contribution in [3.05, 3.63) is 30.5 Å². The predicted molar refractivity (Wildman–Crippen MR) is 94.8 cm³/mol. The van der Waals surface area contributed by atoms with Crippen LogP contribution >= 0.6 is 0 Å². The van der Waals surface area contributed by atoms with Gasteiger partial charge in [0.15, 0.2) is 11.6 Å². The molecule has 0 saturated carbocycles. The summed E-state index contributed by atoms with van der Waals surface area (Å²) in [6, 6.07) is 6.19. The van der Waals surface area contributed by atoms with Crippen molar-refractivity contribution in [1.82, 2.24) is 15.3 Å². The summed E-state index contributed by atoms with van der Waals surface area (Å²) in [5, 5.41) is 11.5. The highest BCUT2D eigenvalue weighted by Crippen LogP contribution is 2.27. The van der Waals surface area contributed by atoms with Crippen molar-refractivity contribution < 1.29 is 13.2 Å². The number of methoxy groups -OCH3 is 1. The normalized spacial score (nSPS) is 15.0. The van der Waals surface area contributed by atoms with E-state index in [1.807, 2.05) is 0 Å². The molecule has 1 aliphatic heterocycles. The van der Waals surface area contributed by atoms with Crippen molar-refractivity contribution in [2.24, 2.45) is 5.14 Å². The lowest BCUT2D eigenvalue weighted by molar-refractivity contribution is 0.409. The molecule has 10 heteroatoms. The average molecular weight is 364 g/mol. The van der Waals surface area contributed by atoms with Gasteiger partial charge in [0, 0.05) is 31.9 Å². The van der Waals surface area contributed by atoms with Gasteiger partial charge in [-0.1, -0.05) is 6.07 Å². The maximum Gasteiger partial charge on any atom is 0.238 e. The molecule has 9 nitrogen and oxygen atoms in total. The molecule has 0 unspecified atom stereocenters. The third-order valence-corrected chi connectivity index (χ3v) is 4.70. The molecule has 4 N–H and O–H groups in total. The number of benzene rings is 1. The number of piperazine rings is 1. The lowest BCUT2D eigenvalue weighted by Crippen LogP contribution is -2.44. The van der Waals surface area contributed by atoms with Crippen LogP contribution < -0.4 is 25.4 Å². The first-order valence-corrected chi connectivity index (χ1v) is 9.28. The number of nitrogens with zero attached hydrogens (tertiary/aromatic N) is 3. The Labute approximate surface area is 146 Å². The van der Waals surface area contributed by atoms with Crippen molar-refractivity contribution in [1.29, 1.82) is 0 Å². The highest BCUT2D eigenvalue weighted by atomic mass is 32.2. The molecule has 1 aromatic carbocycles. The zero-order valence-electron chi connectivity index (χ0n) is 13.8. The summed E-state index contributed by atoms with van der Waals surface area (Å²) in [4.78, 5) is 10.9. The third-order valence-electron chi connectivity index (χ3n) is 3.79. The fourth-order valence-corrected chi connectivity index (χ4v) is 3.11. The molecule has 134 valence electrons. The van der Waals surface area contributed by atoms with Crippen molar-refractivity contribution in [2.45, 2.75) is 4.90 Å². The lowest BCUT2D eigenvalue weighted by atomic mass is 10.3. The number of rotatable bonds is 5. The first-order valence-electron chi connectivity index (χ1n) is 7.74. The van der Waals surface area contributed by atoms with Crippen LogP contribution in [0, 0.1) is 0 Å². The van der Waals surface area contributed by atoms with Gasteiger partial charge in [-0.3, -0.25) is 0 Å². The second kappa shape index (κ2) is 7.21. The summed E-state index contributed by atoms with van der Waals surface area (Å²) in [5.74, 6) is 1.63. The highest BCUT2D eigenvalue weighted by molar-refractivity contribution is 7.89. The molecule has 0 bridgehead atoms. The largest absolute Gasteiger partial charge is 0.491 e. The highest BCUT2D eigenvalue weighted by Gasteiger charge is 2.18. The average Bonchev–Trinajstić information content (AvgIpc) is 2.62. The molecular weight excluding hydrogens is 344 g/mol. The molecular formula is C15H20N6O3S. The standard InChI is InChI=1S/C15H20N6O3S/c1-24-13-10-18-15(20-14(13)21-7-5-17-6-8-21)19-11-3-2-4-12(9-11)25(16,22)23/h2-4,9-10,17H,5-8H2,1H3,(H2,16,22,23)(H,18,19,20). The van der Waals surface area contributed by atoms with Crippen LogP contribution in [-0.4, -0.2) is 51.7 Å². The van der Waals surface area contributed by atoms with E-state index in [-0.39, 0.29) is 4.90 Å². The van der Waals surface area contributed by atoms with Crippen LogP contribution in [0.25, 0.3) is 0 Å². The molecule has 1 aliphatic rings. The van der Waals surface area contributed by atoms with E-state index in [2.05, 4.69) is 25.5 Å². The number of nitrogens with one attached hydrogen (secondary N) is 2. The third kappa shape index (κ3) is 4.16. The Morgan fingerprint density at radius 1 is 1.32 bits per heavy atom. The molecule has 1 aromatic heterocycles. The molecule has 2 aromatic rings. The van der Waals surface area contributed by atoms with E-state index in [0.29, 0.717) is 23.2 Å². The second-order valence-corrected chi connectivity index (χ2v) is 7.08. The van der Waals surface area contributed by atoms with E-state index in [1.165, 1.54) is 12.1 Å². The monoisotopic (exact) mass is 364 g/mol. The summed E-state index contributed by atoms with van der Waals surface area (Å²) in [5.41, 5.74) is 0.531. The first-order chi connectivity index (χ1) is 12.0. The molecule has 3 rings (SSSR count). The van der Waals surface area contributed by atoms with Crippen LogP contribution in [0.5, 0.6) is 5.75 Å². The Morgan fingerprint density at radius 2 is 2.08 bits per heavy atom. The summed E-state index contributed by atoms with van der Waals surface area (Å²) in [6.45, 7) is 3.36. The van der Waals surface area contributed by atoms with Crippen molar-refractivity contribution in [3.63, 3.8) is 0 Å². The molecule has 1 fully saturated rings. The van der Waals surface area contributed by atoms with E-state index in [9.17, 15) is 8.42 Å². The van der Waals surface area contributed by atoms with E-state index >= 15 is 0 Å². The van der Waals surface area contributed by atoms with Crippen LogP contribution in [0.3, 0.4) is 0 Å². The van der Waals surface area contributed by atoms with Gasteiger partial charge in [0.1, 0.15) is 0 Å². The van der Waals surface area contributed by atoms with Crippen LogP contribution in [0.1, 0.15) is 0 Å². The topological polar surface area (TPSA) is 122 Å². The minimum Gasteiger partial charge on any atom is -0.491 e. The molecule has 25 heavy (non-hydrogen) atoms. The van der Waals surface area contributed by atoms with Gasteiger partial charge in [-0.25, -0.2) is 18.5 Å². The van der Waals surface area contributed by atoms with Crippen molar-refractivity contribution in [3.8, 4) is 5.75 Å². The second-order valence-electron chi connectivity index (χ2n) is 5.52. The predicted octanol–water partition coefficient (Wildman–Crippen LogP) is 0.286. The van der Waals surface area contributed by atoms with Crippen LogP contribution in [0.2, 0.25) is 0 Å². The number of aromatic nitrogens is 2. The van der Waals surface area contributed by atoms with Crippen LogP contribution in [-0.2, 0) is 10.0 Å². The lowest BCUT2D eigenvalue weighted by Gasteiger charge is -2.29. The van der Waals surface area contributed by atoms with Crippen molar-refractivity contribution >= 4 is 27.5 Å². The van der Waals surface area contributed by atoms with Crippen LogP contribution in [0.15, 0.2) is 35.4 Å². The molecule has 1 saturated heterocycles. The summed E-state index contributed by atoms with van der Waals surface area (Å²) in [6.07, 6.45) is 1.59. The number of sulfonamides is 1. The molecule has 2 heterocycles. The number of ether oxygens (including phenoxy) is 1. The SMILES string of the molecule is COc1cnc(Nc2cccc(S(N)(=O)=O)c2)nc1N1CCNCC1. The first kappa shape index (κ1) is 17.4. The maximum absolute atomic E-state index is 11.5. The zero-order valence-corrected chi connectivity index (χ0v) is 14.6. The Balaban J connectivity index is 1.88. The van der Waals surface area contributed by atoms with E-state index in [4.69, 9.17) is 9.88 Å². The quantitative estimate of drug-likeness (QED) is 0.692. The van der Waals surface area contributed by atoms with Gasteiger partial charge in [0.2, 0.25) is 16.0 Å². The number of hydrogen-bond donors (Lipinski definition) is 3. The number of primary sulfonamides is 1. The van der Waals surface area contributed by atoms with E-state index < -0.39 is 10.0 Å². The van der Waals surface area contributed by atoms with E-state index in [1.54, 1.807) is 25.4 Å². The molecule has 0 spiro atoms. The van der Waals surface area contributed by atoms with Gasteiger partial charge in [0.05, 0.1) is 18.2 Å².